The Morgan fingerprint density at radius 1 is 1.00 bits per heavy atom. The fourth-order valence-corrected chi connectivity index (χ4v) is 3.00. The molecule has 0 radical (unpaired) electrons. The SMILES string of the molecule is CCOc1ccc(C(c2ccc(C(C)(C)C)cc2)C(C)[N+](=O)[O-])cc1. The highest BCUT2D eigenvalue weighted by Gasteiger charge is 2.30. The van der Waals surface area contributed by atoms with Crippen LogP contribution in [0.25, 0.3) is 0 Å². The molecule has 0 aromatic heterocycles. The van der Waals surface area contributed by atoms with Gasteiger partial charge in [0, 0.05) is 11.8 Å². The maximum absolute atomic E-state index is 11.5. The first-order chi connectivity index (χ1) is 11.7. The van der Waals surface area contributed by atoms with Gasteiger partial charge in [-0.05, 0) is 41.2 Å². The van der Waals surface area contributed by atoms with Gasteiger partial charge in [-0.15, -0.1) is 0 Å². The second kappa shape index (κ2) is 7.68. The van der Waals surface area contributed by atoms with Crippen LogP contribution in [0.2, 0.25) is 0 Å². The standard InChI is InChI=1S/C21H27NO3/c1-6-25-19-13-9-17(10-14-19)20(15(2)22(23)24)16-7-11-18(12-8-16)21(3,4)5/h7-15,20H,6H2,1-5H3. The lowest BCUT2D eigenvalue weighted by molar-refractivity contribution is -0.520. The highest BCUT2D eigenvalue weighted by atomic mass is 16.6. The van der Waals surface area contributed by atoms with Crippen LogP contribution in [0.15, 0.2) is 48.5 Å². The average molecular weight is 341 g/mol. The zero-order valence-electron chi connectivity index (χ0n) is 15.7. The zero-order valence-corrected chi connectivity index (χ0v) is 15.7. The van der Waals surface area contributed by atoms with Crippen LogP contribution in [0.3, 0.4) is 0 Å². The average Bonchev–Trinajstić information content (AvgIpc) is 2.56. The van der Waals surface area contributed by atoms with Gasteiger partial charge in [0.25, 0.3) is 0 Å². The van der Waals surface area contributed by atoms with Gasteiger partial charge >= 0.3 is 0 Å². The third-order valence-corrected chi connectivity index (χ3v) is 4.50. The minimum Gasteiger partial charge on any atom is -0.494 e. The molecule has 0 amide bonds. The smallest absolute Gasteiger partial charge is 0.221 e. The van der Waals surface area contributed by atoms with E-state index in [1.165, 1.54) is 5.56 Å². The minimum absolute atomic E-state index is 0.0574. The quantitative estimate of drug-likeness (QED) is 0.537. The van der Waals surface area contributed by atoms with E-state index in [0.717, 1.165) is 16.9 Å². The van der Waals surface area contributed by atoms with E-state index in [1.807, 2.05) is 43.3 Å². The first-order valence-corrected chi connectivity index (χ1v) is 8.70. The molecule has 2 aromatic rings. The molecule has 4 heteroatoms. The Morgan fingerprint density at radius 2 is 1.48 bits per heavy atom. The first kappa shape index (κ1) is 19.0. The van der Waals surface area contributed by atoms with Gasteiger partial charge in [-0.1, -0.05) is 57.2 Å². The summed E-state index contributed by atoms with van der Waals surface area (Å²) in [7, 11) is 0. The Labute approximate surface area is 150 Å². The van der Waals surface area contributed by atoms with Gasteiger partial charge in [0.2, 0.25) is 6.04 Å². The Hall–Kier alpha value is -2.36. The van der Waals surface area contributed by atoms with Gasteiger partial charge in [-0.25, -0.2) is 0 Å². The van der Waals surface area contributed by atoms with Crippen molar-refractivity contribution >= 4 is 0 Å². The van der Waals surface area contributed by atoms with Crippen LogP contribution >= 0.6 is 0 Å². The summed E-state index contributed by atoms with van der Waals surface area (Å²) in [6.45, 7) is 10.7. The maximum atomic E-state index is 11.5. The minimum atomic E-state index is -0.710. The maximum Gasteiger partial charge on any atom is 0.221 e. The van der Waals surface area contributed by atoms with E-state index in [4.69, 9.17) is 4.74 Å². The molecule has 0 aliphatic carbocycles. The summed E-state index contributed by atoms with van der Waals surface area (Å²) in [5.41, 5.74) is 3.16. The van der Waals surface area contributed by atoms with E-state index in [2.05, 4.69) is 32.9 Å². The van der Waals surface area contributed by atoms with E-state index in [-0.39, 0.29) is 16.3 Å². The van der Waals surface area contributed by atoms with Crippen molar-refractivity contribution in [1.82, 2.24) is 0 Å². The molecular formula is C21H27NO3. The normalized spacial score (nSPS) is 14.0. The third-order valence-electron chi connectivity index (χ3n) is 4.50. The summed E-state index contributed by atoms with van der Waals surface area (Å²) in [6, 6.07) is 15.1. The van der Waals surface area contributed by atoms with E-state index in [9.17, 15) is 10.1 Å². The molecule has 0 spiro atoms. The molecule has 2 rings (SSSR count). The lowest BCUT2D eigenvalue weighted by Crippen LogP contribution is -2.25. The van der Waals surface area contributed by atoms with Crippen LogP contribution in [0.4, 0.5) is 0 Å². The number of ether oxygens (including phenoxy) is 1. The lowest BCUT2D eigenvalue weighted by atomic mass is 9.82. The van der Waals surface area contributed by atoms with Gasteiger partial charge in [0.1, 0.15) is 5.75 Å². The molecule has 134 valence electrons. The third kappa shape index (κ3) is 4.59. The Morgan fingerprint density at radius 3 is 1.88 bits per heavy atom. The number of hydrogen-bond acceptors (Lipinski definition) is 3. The number of nitrogens with zero attached hydrogens (tertiary/aromatic N) is 1. The molecule has 0 saturated heterocycles. The van der Waals surface area contributed by atoms with Crippen molar-refractivity contribution in [2.45, 2.75) is 52.0 Å². The summed E-state index contributed by atoms with van der Waals surface area (Å²) in [4.78, 5) is 11.3. The topological polar surface area (TPSA) is 52.4 Å². The molecule has 0 aliphatic heterocycles. The van der Waals surface area contributed by atoms with Gasteiger partial charge in [-0.3, -0.25) is 10.1 Å². The summed E-state index contributed by atoms with van der Waals surface area (Å²) in [5.74, 6) is 0.488. The molecule has 4 nitrogen and oxygen atoms in total. The number of hydrogen-bond donors (Lipinski definition) is 0. The van der Waals surface area contributed by atoms with Crippen molar-refractivity contribution in [2.24, 2.45) is 0 Å². The Bertz CT molecular complexity index is 699. The van der Waals surface area contributed by atoms with Crippen molar-refractivity contribution in [3.8, 4) is 5.75 Å². The molecule has 0 aliphatic rings. The van der Waals surface area contributed by atoms with Crippen LogP contribution < -0.4 is 4.74 Å². The molecule has 2 unspecified atom stereocenters. The number of nitro groups is 1. The molecule has 0 heterocycles. The van der Waals surface area contributed by atoms with Gasteiger partial charge in [-0.2, -0.15) is 0 Å². The molecule has 0 saturated carbocycles. The molecule has 2 aromatic carbocycles. The van der Waals surface area contributed by atoms with Crippen molar-refractivity contribution in [3.05, 3.63) is 75.3 Å². The van der Waals surface area contributed by atoms with Crippen LogP contribution in [0.1, 0.15) is 57.2 Å². The largest absolute Gasteiger partial charge is 0.494 e. The summed E-state index contributed by atoms with van der Waals surface area (Å²) < 4.78 is 5.47. The van der Waals surface area contributed by atoms with E-state index >= 15 is 0 Å². The van der Waals surface area contributed by atoms with Gasteiger partial charge < -0.3 is 4.74 Å². The van der Waals surface area contributed by atoms with Crippen molar-refractivity contribution in [2.75, 3.05) is 6.61 Å². The molecule has 0 fully saturated rings. The van der Waals surface area contributed by atoms with E-state index in [1.54, 1.807) is 6.92 Å². The number of rotatable bonds is 6. The molecule has 0 N–H and O–H groups in total. The first-order valence-electron chi connectivity index (χ1n) is 8.70. The van der Waals surface area contributed by atoms with Crippen LogP contribution in [-0.2, 0) is 5.41 Å². The Balaban J connectivity index is 2.41. The highest BCUT2D eigenvalue weighted by molar-refractivity contribution is 5.39. The van der Waals surface area contributed by atoms with Crippen molar-refractivity contribution in [3.63, 3.8) is 0 Å². The van der Waals surface area contributed by atoms with Crippen molar-refractivity contribution in [1.29, 1.82) is 0 Å². The second-order valence-corrected chi connectivity index (χ2v) is 7.38. The Kier molecular flexibility index (Phi) is 5.83. The highest BCUT2D eigenvalue weighted by Crippen LogP contribution is 2.32. The lowest BCUT2D eigenvalue weighted by Gasteiger charge is -2.23. The zero-order chi connectivity index (χ0) is 18.6. The number of benzene rings is 2. The van der Waals surface area contributed by atoms with Gasteiger partial charge in [0.15, 0.2) is 0 Å². The van der Waals surface area contributed by atoms with E-state index < -0.39 is 6.04 Å². The summed E-state index contributed by atoms with van der Waals surface area (Å²) in [5, 5.41) is 11.5. The molecule has 2 atom stereocenters. The van der Waals surface area contributed by atoms with Crippen LogP contribution in [-0.4, -0.2) is 17.6 Å². The molecule has 0 bridgehead atoms. The molecule has 25 heavy (non-hydrogen) atoms. The molecular weight excluding hydrogens is 314 g/mol. The fourth-order valence-electron chi connectivity index (χ4n) is 3.00. The van der Waals surface area contributed by atoms with Crippen LogP contribution in [0, 0.1) is 10.1 Å². The fraction of sp³-hybridized carbons (Fsp3) is 0.429. The van der Waals surface area contributed by atoms with E-state index in [0.29, 0.717) is 6.61 Å². The second-order valence-electron chi connectivity index (χ2n) is 7.38. The predicted molar refractivity (Wildman–Crippen MR) is 101 cm³/mol. The van der Waals surface area contributed by atoms with Gasteiger partial charge in [0.05, 0.1) is 12.5 Å². The summed E-state index contributed by atoms with van der Waals surface area (Å²) >= 11 is 0. The van der Waals surface area contributed by atoms with Crippen LogP contribution in [0.5, 0.6) is 5.75 Å². The van der Waals surface area contributed by atoms with Crippen molar-refractivity contribution < 1.29 is 9.66 Å². The summed E-state index contributed by atoms with van der Waals surface area (Å²) in [6.07, 6.45) is 0. The monoisotopic (exact) mass is 341 g/mol. The predicted octanol–water partition coefficient (Wildman–Crippen LogP) is 5.18.